The Balaban J connectivity index is 2.33. The second-order valence-corrected chi connectivity index (χ2v) is 5.13. The van der Waals surface area contributed by atoms with E-state index in [-0.39, 0.29) is 5.97 Å². The zero-order valence-corrected chi connectivity index (χ0v) is 11.6. The van der Waals surface area contributed by atoms with Gasteiger partial charge in [0.15, 0.2) is 0 Å². The van der Waals surface area contributed by atoms with Crippen LogP contribution in [0.25, 0.3) is 0 Å². The van der Waals surface area contributed by atoms with Crippen LogP contribution >= 0.6 is 0 Å². The first kappa shape index (κ1) is 15.0. The third kappa shape index (κ3) is 8.10. The zero-order chi connectivity index (χ0) is 13.1. The Bertz CT molecular complexity index is 279. The van der Waals surface area contributed by atoms with Crippen LogP contribution in [-0.2, 0) is 9.53 Å². The van der Waals surface area contributed by atoms with Crippen LogP contribution in [0.15, 0.2) is 24.3 Å². The molecule has 0 amide bonds. The van der Waals surface area contributed by atoms with E-state index in [0.717, 1.165) is 25.7 Å². The summed E-state index contributed by atoms with van der Waals surface area (Å²) in [6.45, 7) is 2.83. The Morgan fingerprint density at radius 2 is 1.78 bits per heavy atom. The molecule has 1 aliphatic heterocycles. The summed E-state index contributed by atoms with van der Waals surface area (Å²) in [4.78, 5) is 11.4. The van der Waals surface area contributed by atoms with E-state index in [1.54, 1.807) is 0 Å². The first-order valence-corrected chi connectivity index (χ1v) is 7.24. The van der Waals surface area contributed by atoms with Crippen molar-refractivity contribution in [1.29, 1.82) is 0 Å². The van der Waals surface area contributed by atoms with Crippen LogP contribution in [0.5, 0.6) is 0 Å². The predicted molar refractivity (Wildman–Crippen MR) is 75.3 cm³/mol. The predicted octanol–water partition coefficient (Wildman–Crippen LogP) is 4.41. The molecule has 1 rings (SSSR count). The minimum Gasteiger partial charge on any atom is -0.465 e. The maximum absolute atomic E-state index is 11.4. The van der Waals surface area contributed by atoms with Crippen LogP contribution in [0.1, 0.15) is 58.3 Å². The third-order valence-electron chi connectivity index (χ3n) is 3.25. The fourth-order valence-electron chi connectivity index (χ4n) is 2.06. The molecule has 0 radical (unpaired) electrons. The van der Waals surface area contributed by atoms with E-state index >= 15 is 0 Å². The fourth-order valence-corrected chi connectivity index (χ4v) is 2.06. The van der Waals surface area contributed by atoms with Gasteiger partial charge in [-0.2, -0.15) is 0 Å². The Morgan fingerprint density at radius 3 is 2.56 bits per heavy atom. The summed E-state index contributed by atoms with van der Waals surface area (Å²) in [5.41, 5.74) is 0. The zero-order valence-electron chi connectivity index (χ0n) is 11.6. The molecule has 0 aliphatic carbocycles. The molecule has 1 aliphatic rings. The molecule has 0 saturated carbocycles. The molecular weight excluding hydrogens is 224 g/mol. The summed E-state index contributed by atoms with van der Waals surface area (Å²) in [6.07, 6.45) is 17.0. The van der Waals surface area contributed by atoms with Crippen molar-refractivity contribution in [3.05, 3.63) is 24.3 Å². The maximum atomic E-state index is 11.4. The lowest BCUT2D eigenvalue weighted by Gasteiger charge is -2.09. The van der Waals surface area contributed by atoms with Crippen molar-refractivity contribution in [3.63, 3.8) is 0 Å². The van der Waals surface area contributed by atoms with E-state index in [1.165, 1.54) is 19.3 Å². The van der Waals surface area contributed by atoms with Gasteiger partial charge in [0.2, 0.25) is 0 Å². The molecule has 2 heteroatoms. The number of allylic oxidation sites excluding steroid dienone is 3. The van der Waals surface area contributed by atoms with Gasteiger partial charge in [-0.3, -0.25) is 4.79 Å². The number of carbonyl (C=O) groups excluding carboxylic acids is 1. The number of esters is 1. The number of rotatable bonds is 0. The molecule has 2 nitrogen and oxygen atoms in total. The van der Waals surface area contributed by atoms with Gasteiger partial charge >= 0.3 is 5.97 Å². The summed E-state index contributed by atoms with van der Waals surface area (Å²) in [6, 6.07) is 0. The van der Waals surface area contributed by atoms with Crippen LogP contribution < -0.4 is 0 Å². The van der Waals surface area contributed by atoms with E-state index in [9.17, 15) is 4.79 Å². The summed E-state index contributed by atoms with van der Waals surface area (Å²) in [5, 5.41) is 0. The van der Waals surface area contributed by atoms with Crippen LogP contribution in [0.3, 0.4) is 0 Å². The average molecular weight is 250 g/mol. The van der Waals surface area contributed by atoms with Gasteiger partial charge in [-0.1, -0.05) is 31.2 Å². The van der Waals surface area contributed by atoms with E-state index in [2.05, 4.69) is 25.2 Å². The first-order chi connectivity index (χ1) is 8.79. The maximum Gasteiger partial charge on any atom is 0.309 e. The van der Waals surface area contributed by atoms with Crippen LogP contribution in [0, 0.1) is 5.92 Å². The van der Waals surface area contributed by atoms with Gasteiger partial charge in [0, 0.05) is 0 Å². The van der Waals surface area contributed by atoms with Crippen LogP contribution in [0.4, 0.5) is 0 Å². The van der Waals surface area contributed by atoms with Crippen molar-refractivity contribution in [2.45, 2.75) is 58.3 Å². The number of cyclic esters (lactones) is 1. The minimum atomic E-state index is -0.0918. The van der Waals surface area contributed by atoms with Crippen molar-refractivity contribution in [2.24, 2.45) is 5.92 Å². The summed E-state index contributed by atoms with van der Waals surface area (Å²) in [5.74, 6) is 0.596. The monoisotopic (exact) mass is 250 g/mol. The Kier molecular flexibility index (Phi) is 8.28. The van der Waals surface area contributed by atoms with Gasteiger partial charge in [0.25, 0.3) is 0 Å². The lowest BCUT2D eigenvalue weighted by Crippen LogP contribution is -2.05. The number of hydrogen-bond donors (Lipinski definition) is 0. The molecule has 1 unspecified atom stereocenters. The van der Waals surface area contributed by atoms with Crippen LogP contribution in [0.2, 0.25) is 0 Å². The van der Waals surface area contributed by atoms with Crippen molar-refractivity contribution >= 4 is 5.97 Å². The lowest BCUT2D eigenvalue weighted by molar-refractivity contribution is -0.142. The highest BCUT2D eigenvalue weighted by Gasteiger charge is 2.03. The Morgan fingerprint density at radius 1 is 1.06 bits per heavy atom. The van der Waals surface area contributed by atoms with E-state index in [1.807, 2.05) is 6.08 Å². The smallest absolute Gasteiger partial charge is 0.309 e. The van der Waals surface area contributed by atoms with E-state index in [4.69, 9.17) is 4.74 Å². The average Bonchev–Trinajstić information content (AvgIpc) is 2.35. The molecule has 0 aromatic heterocycles. The lowest BCUT2D eigenvalue weighted by atomic mass is 10.0. The number of carbonyl (C=O) groups is 1. The van der Waals surface area contributed by atoms with Crippen molar-refractivity contribution in [3.8, 4) is 0 Å². The molecule has 0 fully saturated rings. The summed E-state index contributed by atoms with van der Waals surface area (Å²) >= 11 is 0. The third-order valence-corrected chi connectivity index (χ3v) is 3.25. The van der Waals surface area contributed by atoms with Gasteiger partial charge in [-0.15, -0.1) is 0 Å². The molecule has 0 aromatic rings. The van der Waals surface area contributed by atoms with Crippen molar-refractivity contribution in [1.82, 2.24) is 0 Å². The number of hydrogen-bond acceptors (Lipinski definition) is 2. The van der Waals surface area contributed by atoms with Crippen molar-refractivity contribution < 1.29 is 9.53 Å². The van der Waals surface area contributed by atoms with Gasteiger partial charge in [-0.25, -0.2) is 0 Å². The topological polar surface area (TPSA) is 26.3 Å². The Labute approximate surface area is 111 Å². The van der Waals surface area contributed by atoms with E-state index < -0.39 is 0 Å². The SMILES string of the molecule is CC1C/C=C\CCCC/C=C/CC(=O)OCCC1. The largest absolute Gasteiger partial charge is 0.465 e. The molecule has 0 N–H and O–H groups in total. The summed E-state index contributed by atoms with van der Waals surface area (Å²) < 4.78 is 5.18. The van der Waals surface area contributed by atoms with Gasteiger partial charge < -0.3 is 4.74 Å². The highest BCUT2D eigenvalue weighted by Crippen LogP contribution is 2.12. The standard InChI is InChI=1S/C16H26O2/c1-15-11-8-6-4-2-3-5-7-9-13-16(17)18-14-10-12-15/h6-9,15H,2-5,10-14H2,1H3/b8-6-,9-7+. The first-order valence-electron chi connectivity index (χ1n) is 7.24. The van der Waals surface area contributed by atoms with Gasteiger partial charge in [-0.05, 0) is 50.9 Å². The molecule has 0 spiro atoms. The highest BCUT2D eigenvalue weighted by molar-refractivity contribution is 5.71. The molecule has 1 atom stereocenters. The molecule has 0 aromatic carbocycles. The molecule has 1 heterocycles. The molecule has 0 bridgehead atoms. The van der Waals surface area contributed by atoms with Crippen molar-refractivity contribution in [2.75, 3.05) is 6.61 Å². The highest BCUT2D eigenvalue weighted by atomic mass is 16.5. The normalized spacial score (nSPS) is 28.3. The second-order valence-electron chi connectivity index (χ2n) is 5.13. The fraction of sp³-hybridized carbons (Fsp3) is 0.688. The molecule has 0 saturated heterocycles. The van der Waals surface area contributed by atoms with Gasteiger partial charge in [0.1, 0.15) is 0 Å². The van der Waals surface area contributed by atoms with E-state index in [0.29, 0.717) is 18.9 Å². The second kappa shape index (κ2) is 9.93. The molecular formula is C16H26O2. The Hall–Kier alpha value is -1.05. The number of ether oxygens (including phenoxy) is 1. The molecule has 18 heavy (non-hydrogen) atoms. The van der Waals surface area contributed by atoms with Crippen LogP contribution in [-0.4, -0.2) is 12.6 Å². The summed E-state index contributed by atoms with van der Waals surface area (Å²) in [7, 11) is 0. The van der Waals surface area contributed by atoms with Gasteiger partial charge in [0.05, 0.1) is 13.0 Å². The minimum absolute atomic E-state index is 0.0918. The molecule has 102 valence electrons. The quantitative estimate of drug-likeness (QED) is 0.470.